The molecule has 0 saturated carbocycles. The number of nitrogens with one attached hydrogen (secondary N) is 1. The summed E-state index contributed by atoms with van der Waals surface area (Å²) in [6.07, 6.45) is 4.88. The van der Waals surface area contributed by atoms with E-state index in [1.807, 2.05) is 6.07 Å². The van der Waals surface area contributed by atoms with Crippen LogP contribution in [-0.2, 0) is 6.42 Å². The summed E-state index contributed by atoms with van der Waals surface area (Å²) in [5.41, 5.74) is 1.56. The first-order valence-corrected chi connectivity index (χ1v) is 8.19. The summed E-state index contributed by atoms with van der Waals surface area (Å²) in [6.45, 7) is 7.20. The Hall–Kier alpha value is -1.06. The van der Waals surface area contributed by atoms with Gasteiger partial charge in [0.25, 0.3) is 0 Å². The second-order valence-electron chi connectivity index (χ2n) is 6.30. The number of ether oxygens (including phenoxy) is 1. The maximum Gasteiger partial charge on any atom is 0.119 e. The molecular formula is C18H30N2O. The number of rotatable bonds is 7. The molecule has 2 unspecified atom stereocenters. The molecule has 118 valence electrons. The molecule has 1 fully saturated rings. The van der Waals surface area contributed by atoms with E-state index in [0.29, 0.717) is 6.04 Å². The lowest BCUT2D eigenvalue weighted by Gasteiger charge is -2.44. The first-order valence-electron chi connectivity index (χ1n) is 8.19. The normalized spacial score (nSPS) is 20.2. The highest BCUT2D eigenvalue weighted by Crippen LogP contribution is 2.30. The number of nitrogens with zero attached hydrogens (tertiary/aromatic N) is 1. The van der Waals surface area contributed by atoms with Crippen LogP contribution in [0.5, 0.6) is 5.75 Å². The van der Waals surface area contributed by atoms with Crippen LogP contribution >= 0.6 is 0 Å². The molecule has 3 heteroatoms. The van der Waals surface area contributed by atoms with Crippen LogP contribution in [-0.4, -0.2) is 43.7 Å². The van der Waals surface area contributed by atoms with Gasteiger partial charge in [-0.25, -0.2) is 0 Å². The predicted molar refractivity (Wildman–Crippen MR) is 89.0 cm³/mol. The van der Waals surface area contributed by atoms with E-state index in [9.17, 15) is 0 Å². The largest absolute Gasteiger partial charge is 0.497 e. The minimum atomic E-state index is 0.217. The number of hydrogen-bond acceptors (Lipinski definition) is 3. The summed E-state index contributed by atoms with van der Waals surface area (Å²) < 4.78 is 5.35. The molecular weight excluding hydrogens is 260 g/mol. The molecule has 2 atom stereocenters. The number of benzene rings is 1. The van der Waals surface area contributed by atoms with Crippen molar-refractivity contribution >= 4 is 0 Å². The third-order valence-electron chi connectivity index (χ3n) is 5.22. The van der Waals surface area contributed by atoms with E-state index in [-0.39, 0.29) is 5.54 Å². The lowest BCUT2D eigenvalue weighted by molar-refractivity contribution is 0.0873. The van der Waals surface area contributed by atoms with Gasteiger partial charge in [0.15, 0.2) is 0 Å². The Morgan fingerprint density at radius 3 is 2.62 bits per heavy atom. The molecule has 1 saturated heterocycles. The summed E-state index contributed by atoms with van der Waals surface area (Å²) in [5.74, 6) is 0.946. The highest BCUT2D eigenvalue weighted by Gasteiger charge is 2.38. The van der Waals surface area contributed by atoms with Crippen LogP contribution in [0.1, 0.15) is 38.7 Å². The van der Waals surface area contributed by atoms with Crippen molar-refractivity contribution in [1.29, 1.82) is 0 Å². The first-order chi connectivity index (χ1) is 10.1. The molecule has 0 aromatic heterocycles. The maximum atomic E-state index is 5.35. The van der Waals surface area contributed by atoms with Gasteiger partial charge in [0.05, 0.1) is 7.11 Å². The fourth-order valence-electron chi connectivity index (χ4n) is 3.59. The van der Waals surface area contributed by atoms with Crippen molar-refractivity contribution in [2.45, 2.75) is 51.1 Å². The fourth-order valence-corrected chi connectivity index (χ4v) is 3.59. The molecule has 0 spiro atoms. The van der Waals surface area contributed by atoms with Crippen molar-refractivity contribution in [2.24, 2.45) is 0 Å². The van der Waals surface area contributed by atoms with Gasteiger partial charge >= 0.3 is 0 Å². The molecule has 2 rings (SSSR count). The zero-order valence-corrected chi connectivity index (χ0v) is 14.0. The Morgan fingerprint density at radius 1 is 1.33 bits per heavy atom. The van der Waals surface area contributed by atoms with Crippen molar-refractivity contribution < 1.29 is 4.74 Å². The Kier molecular flexibility index (Phi) is 5.65. The molecule has 0 radical (unpaired) electrons. The summed E-state index contributed by atoms with van der Waals surface area (Å²) in [6, 6.07) is 8.90. The molecule has 1 aromatic rings. The van der Waals surface area contributed by atoms with E-state index in [1.165, 1.54) is 37.9 Å². The van der Waals surface area contributed by atoms with Gasteiger partial charge in [-0.1, -0.05) is 19.1 Å². The number of methoxy groups -OCH3 is 1. The molecule has 1 aromatic carbocycles. The first kappa shape index (κ1) is 16.3. The minimum Gasteiger partial charge on any atom is -0.497 e. The highest BCUT2D eigenvalue weighted by molar-refractivity contribution is 5.29. The van der Waals surface area contributed by atoms with Crippen molar-refractivity contribution in [3.05, 3.63) is 29.8 Å². The van der Waals surface area contributed by atoms with E-state index < -0.39 is 0 Å². The SMILES string of the molecule is CCC(C)(C(Cc1cccc(OC)c1)NC)N1CCCC1. The van der Waals surface area contributed by atoms with Crippen LogP contribution in [0.3, 0.4) is 0 Å². The smallest absolute Gasteiger partial charge is 0.119 e. The highest BCUT2D eigenvalue weighted by atomic mass is 16.5. The molecule has 21 heavy (non-hydrogen) atoms. The van der Waals surface area contributed by atoms with Gasteiger partial charge in [-0.2, -0.15) is 0 Å². The van der Waals surface area contributed by atoms with Crippen LogP contribution in [0.15, 0.2) is 24.3 Å². The van der Waals surface area contributed by atoms with Crippen LogP contribution in [0.4, 0.5) is 0 Å². The fraction of sp³-hybridized carbons (Fsp3) is 0.667. The third kappa shape index (κ3) is 3.58. The zero-order chi connectivity index (χ0) is 15.3. The predicted octanol–water partition coefficient (Wildman–Crippen LogP) is 3.09. The summed E-state index contributed by atoms with van der Waals surface area (Å²) in [4.78, 5) is 2.67. The van der Waals surface area contributed by atoms with Gasteiger partial charge in [0, 0.05) is 11.6 Å². The molecule has 3 nitrogen and oxygen atoms in total. The van der Waals surface area contributed by atoms with Crippen LogP contribution in [0.2, 0.25) is 0 Å². The molecule has 1 heterocycles. The Bertz CT molecular complexity index is 443. The summed E-state index contributed by atoms with van der Waals surface area (Å²) in [5, 5.41) is 3.57. The molecule has 1 aliphatic heterocycles. The van der Waals surface area contributed by atoms with Gasteiger partial charge in [-0.05, 0) is 70.4 Å². The van der Waals surface area contributed by atoms with Gasteiger partial charge in [-0.15, -0.1) is 0 Å². The van der Waals surface area contributed by atoms with E-state index >= 15 is 0 Å². The molecule has 1 aliphatic rings. The van der Waals surface area contributed by atoms with Crippen LogP contribution in [0.25, 0.3) is 0 Å². The Balaban J connectivity index is 2.16. The maximum absolute atomic E-state index is 5.35. The van der Waals surface area contributed by atoms with E-state index in [2.05, 4.69) is 49.3 Å². The van der Waals surface area contributed by atoms with Gasteiger partial charge in [0.1, 0.15) is 5.75 Å². The topological polar surface area (TPSA) is 24.5 Å². The van der Waals surface area contributed by atoms with Gasteiger partial charge < -0.3 is 10.1 Å². The standard InChI is InChI=1S/C18H30N2O/c1-5-18(2,20-11-6-7-12-20)17(19-3)14-15-9-8-10-16(13-15)21-4/h8-10,13,17,19H,5-7,11-12,14H2,1-4H3. The number of likely N-dealkylation sites (tertiary alicyclic amines) is 1. The van der Waals surface area contributed by atoms with Crippen LogP contribution < -0.4 is 10.1 Å². The van der Waals surface area contributed by atoms with E-state index in [1.54, 1.807) is 7.11 Å². The quantitative estimate of drug-likeness (QED) is 0.835. The molecule has 0 bridgehead atoms. The summed E-state index contributed by atoms with van der Waals surface area (Å²) >= 11 is 0. The van der Waals surface area contributed by atoms with Crippen molar-refractivity contribution in [3.63, 3.8) is 0 Å². The van der Waals surface area contributed by atoms with Crippen LogP contribution in [0, 0.1) is 0 Å². The van der Waals surface area contributed by atoms with Crippen molar-refractivity contribution in [3.8, 4) is 5.75 Å². The molecule has 1 N–H and O–H groups in total. The van der Waals surface area contributed by atoms with Crippen molar-refractivity contribution in [2.75, 3.05) is 27.2 Å². The third-order valence-corrected chi connectivity index (χ3v) is 5.22. The van der Waals surface area contributed by atoms with E-state index in [0.717, 1.165) is 12.2 Å². The lowest BCUT2D eigenvalue weighted by atomic mass is 9.83. The number of likely N-dealkylation sites (N-methyl/N-ethyl adjacent to an activating group) is 1. The van der Waals surface area contributed by atoms with E-state index in [4.69, 9.17) is 4.74 Å². The van der Waals surface area contributed by atoms with Gasteiger partial charge in [-0.3, -0.25) is 4.90 Å². The molecule has 0 aliphatic carbocycles. The van der Waals surface area contributed by atoms with Crippen molar-refractivity contribution in [1.82, 2.24) is 10.2 Å². The second kappa shape index (κ2) is 7.28. The zero-order valence-electron chi connectivity index (χ0n) is 14.0. The average molecular weight is 290 g/mol. The van der Waals surface area contributed by atoms with Gasteiger partial charge in [0.2, 0.25) is 0 Å². The Labute approximate surface area is 129 Å². The summed E-state index contributed by atoms with van der Waals surface area (Å²) in [7, 11) is 3.82. The number of hydrogen-bond donors (Lipinski definition) is 1. The lowest BCUT2D eigenvalue weighted by Crippen LogP contribution is -2.58. The second-order valence-corrected chi connectivity index (χ2v) is 6.30. The molecule has 0 amide bonds. The monoisotopic (exact) mass is 290 g/mol. The average Bonchev–Trinajstić information content (AvgIpc) is 3.07. The Morgan fingerprint density at radius 2 is 2.05 bits per heavy atom. The minimum absolute atomic E-state index is 0.217.